The molecule has 0 unspecified atom stereocenters. The second kappa shape index (κ2) is 9.52. The van der Waals surface area contributed by atoms with Crippen LogP contribution in [0.15, 0.2) is 24.3 Å². The van der Waals surface area contributed by atoms with E-state index in [0.29, 0.717) is 12.3 Å². The van der Waals surface area contributed by atoms with Gasteiger partial charge in [0.15, 0.2) is 0 Å². The van der Waals surface area contributed by atoms with Gasteiger partial charge < -0.3 is 15.0 Å². The van der Waals surface area contributed by atoms with Crippen LogP contribution in [0, 0.1) is 12.8 Å². The van der Waals surface area contributed by atoms with Gasteiger partial charge in [0.1, 0.15) is 0 Å². The Hall–Kier alpha value is -1.39. The van der Waals surface area contributed by atoms with Gasteiger partial charge in [-0.2, -0.15) is 0 Å². The summed E-state index contributed by atoms with van der Waals surface area (Å²) in [7, 11) is 4.12. The Kier molecular flexibility index (Phi) is 7.66. The van der Waals surface area contributed by atoms with Crippen molar-refractivity contribution in [2.24, 2.45) is 5.92 Å². The molecule has 26 heavy (non-hydrogen) atoms. The van der Waals surface area contributed by atoms with Crippen LogP contribution in [0.25, 0.3) is 0 Å². The average molecular weight is 361 g/mol. The van der Waals surface area contributed by atoms with Crippen LogP contribution in [0.3, 0.4) is 0 Å². The number of carbonyl (C=O) groups is 1. The number of hydrogen-bond acceptors (Lipinski definition) is 3. The van der Waals surface area contributed by atoms with Gasteiger partial charge >= 0.3 is 0 Å². The van der Waals surface area contributed by atoms with Crippen LogP contribution in [-0.2, 0) is 9.53 Å². The lowest BCUT2D eigenvalue weighted by atomic mass is 9.75. The van der Waals surface area contributed by atoms with Gasteiger partial charge in [-0.25, -0.2) is 0 Å². The van der Waals surface area contributed by atoms with Crippen molar-refractivity contribution in [2.45, 2.75) is 58.0 Å². The summed E-state index contributed by atoms with van der Waals surface area (Å²) in [6, 6.07) is 8.70. The number of carbonyl (C=O) groups excluding carboxylic acids is 1. The van der Waals surface area contributed by atoms with Gasteiger partial charge in [0, 0.05) is 19.6 Å². The highest BCUT2D eigenvalue weighted by Crippen LogP contribution is 2.40. The SMILES string of the molecule is Cc1ccc([C@@H](CC(=O)NCCCN(C)C)[C@H]2CCOC(C)(C)C2)cc1. The molecule has 146 valence electrons. The quantitative estimate of drug-likeness (QED) is 0.718. The molecule has 0 aliphatic carbocycles. The third-order valence-corrected chi connectivity index (χ3v) is 5.32. The average Bonchev–Trinajstić information content (AvgIpc) is 2.56. The molecule has 1 aliphatic rings. The van der Waals surface area contributed by atoms with Gasteiger partial charge in [-0.1, -0.05) is 29.8 Å². The van der Waals surface area contributed by atoms with E-state index in [0.717, 1.165) is 39.0 Å². The zero-order valence-corrected chi connectivity index (χ0v) is 17.2. The van der Waals surface area contributed by atoms with Crippen molar-refractivity contribution in [1.29, 1.82) is 0 Å². The Morgan fingerprint density at radius 1 is 1.31 bits per heavy atom. The fraction of sp³-hybridized carbons (Fsp3) is 0.682. The zero-order chi connectivity index (χ0) is 19.2. The van der Waals surface area contributed by atoms with Crippen LogP contribution in [0.2, 0.25) is 0 Å². The maximum absolute atomic E-state index is 12.6. The van der Waals surface area contributed by atoms with E-state index in [-0.39, 0.29) is 17.4 Å². The van der Waals surface area contributed by atoms with Gasteiger partial charge in [0.2, 0.25) is 5.91 Å². The first kappa shape index (κ1) is 20.9. The van der Waals surface area contributed by atoms with Crippen LogP contribution < -0.4 is 5.32 Å². The van der Waals surface area contributed by atoms with Crippen molar-refractivity contribution in [3.8, 4) is 0 Å². The van der Waals surface area contributed by atoms with Crippen LogP contribution in [0.5, 0.6) is 0 Å². The van der Waals surface area contributed by atoms with Crippen LogP contribution >= 0.6 is 0 Å². The van der Waals surface area contributed by atoms with Gasteiger partial charge in [0.25, 0.3) is 0 Å². The van der Waals surface area contributed by atoms with Crippen molar-refractivity contribution in [3.05, 3.63) is 35.4 Å². The van der Waals surface area contributed by atoms with E-state index in [9.17, 15) is 4.79 Å². The number of hydrogen-bond donors (Lipinski definition) is 1. The summed E-state index contributed by atoms with van der Waals surface area (Å²) in [5.41, 5.74) is 2.43. The maximum atomic E-state index is 12.6. The molecule has 1 saturated heterocycles. The van der Waals surface area contributed by atoms with E-state index in [1.807, 2.05) is 0 Å². The number of rotatable bonds is 8. The Bertz CT molecular complexity index is 566. The zero-order valence-electron chi connectivity index (χ0n) is 17.2. The van der Waals surface area contributed by atoms with Crippen molar-refractivity contribution in [1.82, 2.24) is 10.2 Å². The minimum atomic E-state index is -0.103. The minimum Gasteiger partial charge on any atom is -0.376 e. The largest absolute Gasteiger partial charge is 0.376 e. The van der Waals surface area contributed by atoms with E-state index in [2.05, 4.69) is 69.3 Å². The minimum absolute atomic E-state index is 0.103. The molecule has 4 nitrogen and oxygen atoms in total. The van der Waals surface area contributed by atoms with Crippen LogP contribution in [0.4, 0.5) is 0 Å². The summed E-state index contributed by atoms with van der Waals surface area (Å²) in [5, 5.41) is 3.11. The number of benzene rings is 1. The molecule has 0 aromatic heterocycles. The molecule has 0 bridgehead atoms. The molecule has 1 fully saturated rings. The smallest absolute Gasteiger partial charge is 0.220 e. The van der Waals surface area contributed by atoms with Crippen molar-refractivity contribution < 1.29 is 9.53 Å². The molecule has 1 aromatic rings. The first-order valence-corrected chi connectivity index (χ1v) is 9.89. The standard InChI is InChI=1S/C22H36N2O2/c1-17-7-9-18(10-8-17)20(19-11-14-26-22(2,3)16-19)15-21(25)23-12-6-13-24(4)5/h7-10,19-20H,6,11-16H2,1-5H3,(H,23,25)/t19-,20+/m0/s1. The highest BCUT2D eigenvalue weighted by atomic mass is 16.5. The Labute approximate surface area is 159 Å². The van der Waals surface area contributed by atoms with Gasteiger partial charge in [-0.15, -0.1) is 0 Å². The Balaban J connectivity index is 2.03. The summed E-state index contributed by atoms with van der Waals surface area (Å²) < 4.78 is 5.90. The first-order chi connectivity index (χ1) is 12.3. The van der Waals surface area contributed by atoms with Crippen molar-refractivity contribution in [3.63, 3.8) is 0 Å². The Morgan fingerprint density at radius 3 is 2.62 bits per heavy atom. The van der Waals surface area contributed by atoms with Crippen molar-refractivity contribution >= 4 is 5.91 Å². The molecular weight excluding hydrogens is 324 g/mol. The van der Waals surface area contributed by atoms with E-state index < -0.39 is 0 Å². The Morgan fingerprint density at radius 2 is 2.00 bits per heavy atom. The summed E-state index contributed by atoms with van der Waals surface area (Å²) in [5.74, 6) is 0.903. The summed E-state index contributed by atoms with van der Waals surface area (Å²) in [6.07, 6.45) is 3.57. The molecule has 1 aromatic carbocycles. The first-order valence-electron chi connectivity index (χ1n) is 9.89. The number of amides is 1. The van der Waals surface area contributed by atoms with Gasteiger partial charge in [-0.3, -0.25) is 4.79 Å². The van der Waals surface area contributed by atoms with Crippen LogP contribution in [-0.4, -0.2) is 50.2 Å². The van der Waals surface area contributed by atoms with Gasteiger partial charge in [-0.05, 0) is 78.1 Å². The monoisotopic (exact) mass is 360 g/mol. The summed E-state index contributed by atoms with van der Waals surface area (Å²) >= 11 is 0. The topological polar surface area (TPSA) is 41.6 Å². The number of aryl methyl sites for hydroxylation is 1. The second-order valence-electron chi connectivity index (χ2n) is 8.59. The molecule has 1 heterocycles. The molecule has 1 N–H and O–H groups in total. The highest BCUT2D eigenvalue weighted by Gasteiger charge is 2.35. The fourth-order valence-electron chi connectivity index (χ4n) is 3.89. The van der Waals surface area contributed by atoms with Gasteiger partial charge in [0.05, 0.1) is 5.60 Å². The lowest BCUT2D eigenvalue weighted by Crippen LogP contribution is -2.37. The second-order valence-corrected chi connectivity index (χ2v) is 8.59. The summed E-state index contributed by atoms with van der Waals surface area (Å²) in [4.78, 5) is 14.7. The van der Waals surface area contributed by atoms with E-state index in [1.165, 1.54) is 11.1 Å². The summed E-state index contributed by atoms with van der Waals surface area (Å²) in [6.45, 7) is 8.95. The molecule has 0 saturated carbocycles. The highest BCUT2D eigenvalue weighted by molar-refractivity contribution is 5.76. The molecule has 4 heteroatoms. The predicted octanol–water partition coefficient (Wildman–Crippen LogP) is 3.74. The molecule has 2 rings (SSSR count). The third-order valence-electron chi connectivity index (χ3n) is 5.32. The number of nitrogens with zero attached hydrogens (tertiary/aromatic N) is 1. The lowest BCUT2D eigenvalue weighted by Gasteiger charge is -2.39. The van der Waals surface area contributed by atoms with E-state index in [4.69, 9.17) is 4.74 Å². The molecule has 1 aliphatic heterocycles. The number of ether oxygens (including phenoxy) is 1. The molecule has 0 spiro atoms. The van der Waals surface area contributed by atoms with Crippen molar-refractivity contribution in [2.75, 3.05) is 33.8 Å². The van der Waals surface area contributed by atoms with E-state index >= 15 is 0 Å². The normalized spacial score (nSPS) is 20.8. The number of nitrogens with one attached hydrogen (secondary N) is 1. The maximum Gasteiger partial charge on any atom is 0.220 e. The third kappa shape index (κ3) is 6.73. The molecular formula is C22H36N2O2. The molecule has 0 radical (unpaired) electrons. The predicted molar refractivity (Wildman–Crippen MR) is 107 cm³/mol. The van der Waals surface area contributed by atoms with Crippen LogP contribution in [0.1, 0.15) is 56.6 Å². The fourth-order valence-corrected chi connectivity index (χ4v) is 3.89. The lowest BCUT2D eigenvalue weighted by molar-refractivity contribution is -0.123. The van der Waals surface area contributed by atoms with E-state index in [1.54, 1.807) is 0 Å². The molecule has 1 amide bonds. The molecule has 2 atom stereocenters.